The minimum atomic E-state index is -0.152. The monoisotopic (exact) mass is 442 g/mol. The van der Waals surface area contributed by atoms with Crippen LogP contribution in [0.15, 0.2) is 66.7 Å². The van der Waals surface area contributed by atoms with Gasteiger partial charge in [-0.25, -0.2) is 4.68 Å². The van der Waals surface area contributed by atoms with Crippen molar-refractivity contribution < 1.29 is 19.0 Å². The van der Waals surface area contributed by atoms with Gasteiger partial charge in [0, 0.05) is 16.8 Å². The van der Waals surface area contributed by atoms with Gasteiger partial charge in [-0.15, -0.1) is 5.10 Å². The van der Waals surface area contributed by atoms with E-state index < -0.39 is 0 Å². The highest BCUT2D eigenvalue weighted by atomic mass is 16.7. The van der Waals surface area contributed by atoms with Crippen molar-refractivity contribution in [2.75, 3.05) is 18.7 Å². The summed E-state index contributed by atoms with van der Waals surface area (Å²) in [6.45, 7) is 4.45. The summed E-state index contributed by atoms with van der Waals surface area (Å²) in [5, 5.41) is 7.45. The van der Waals surface area contributed by atoms with Crippen molar-refractivity contribution in [1.29, 1.82) is 0 Å². The van der Waals surface area contributed by atoms with Gasteiger partial charge in [0.05, 0.1) is 12.3 Å². The van der Waals surface area contributed by atoms with E-state index in [1.807, 2.05) is 74.5 Å². The molecule has 1 aliphatic rings. The van der Waals surface area contributed by atoms with Gasteiger partial charge in [-0.2, -0.15) is 4.98 Å². The number of ether oxygens (including phenoxy) is 3. The predicted molar refractivity (Wildman–Crippen MR) is 123 cm³/mol. The third-order valence-electron chi connectivity index (χ3n) is 5.25. The lowest BCUT2D eigenvalue weighted by Gasteiger charge is -2.10. The van der Waals surface area contributed by atoms with E-state index in [0.717, 1.165) is 16.8 Å². The first-order valence-electron chi connectivity index (χ1n) is 10.6. The van der Waals surface area contributed by atoms with E-state index in [9.17, 15) is 4.79 Å². The van der Waals surface area contributed by atoms with Gasteiger partial charge >= 0.3 is 6.01 Å². The lowest BCUT2D eigenvalue weighted by molar-refractivity contribution is 0.102. The van der Waals surface area contributed by atoms with E-state index in [1.165, 1.54) is 0 Å². The van der Waals surface area contributed by atoms with Crippen LogP contribution in [0.1, 0.15) is 22.8 Å². The molecule has 0 radical (unpaired) electrons. The van der Waals surface area contributed by atoms with Gasteiger partial charge < -0.3 is 19.5 Å². The van der Waals surface area contributed by atoms with Gasteiger partial charge in [0.25, 0.3) is 5.91 Å². The molecular formula is C25H22N4O4. The molecule has 166 valence electrons. The maximum absolute atomic E-state index is 12.6. The Balaban J connectivity index is 1.44. The Morgan fingerprint density at radius 3 is 2.64 bits per heavy atom. The van der Waals surface area contributed by atoms with Gasteiger partial charge in [0.15, 0.2) is 17.3 Å². The Morgan fingerprint density at radius 2 is 1.85 bits per heavy atom. The molecule has 8 nitrogen and oxygen atoms in total. The molecule has 1 aromatic heterocycles. The molecule has 1 aliphatic heterocycles. The Morgan fingerprint density at radius 1 is 1.06 bits per heavy atom. The first-order chi connectivity index (χ1) is 16.1. The highest BCUT2D eigenvalue weighted by molar-refractivity contribution is 6.05. The number of carbonyl (C=O) groups is 1. The van der Waals surface area contributed by atoms with Crippen molar-refractivity contribution in [2.45, 2.75) is 13.8 Å². The summed E-state index contributed by atoms with van der Waals surface area (Å²) < 4.78 is 18.2. The fourth-order valence-corrected chi connectivity index (χ4v) is 3.60. The molecule has 0 atom stereocenters. The van der Waals surface area contributed by atoms with Crippen molar-refractivity contribution in [2.24, 2.45) is 0 Å². The summed E-state index contributed by atoms with van der Waals surface area (Å²) >= 11 is 0. The zero-order chi connectivity index (χ0) is 22.8. The number of nitrogens with zero attached hydrogens (tertiary/aromatic N) is 3. The summed E-state index contributed by atoms with van der Waals surface area (Å²) in [5.41, 5.74) is 3.83. The van der Waals surface area contributed by atoms with Gasteiger partial charge in [0.2, 0.25) is 6.79 Å². The third-order valence-corrected chi connectivity index (χ3v) is 5.25. The number of nitrogens with one attached hydrogen (secondary N) is 1. The smallest absolute Gasteiger partial charge is 0.336 e. The van der Waals surface area contributed by atoms with E-state index in [4.69, 9.17) is 14.2 Å². The first kappa shape index (κ1) is 20.6. The Hall–Kier alpha value is -4.33. The molecule has 4 aromatic rings. The molecule has 1 amide bonds. The molecule has 3 aromatic carbocycles. The predicted octanol–water partition coefficient (Wildman–Crippen LogP) is 4.62. The van der Waals surface area contributed by atoms with Crippen LogP contribution in [0, 0.1) is 6.92 Å². The summed E-state index contributed by atoms with van der Waals surface area (Å²) in [4.78, 5) is 17.2. The number of aryl methyl sites for hydroxylation is 1. The van der Waals surface area contributed by atoms with E-state index in [-0.39, 0.29) is 18.7 Å². The van der Waals surface area contributed by atoms with E-state index in [2.05, 4.69) is 15.4 Å². The van der Waals surface area contributed by atoms with Crippen LogP contribution >= 0.6 is 0 Å². The van der Waals surface area contributed by atoms with Crippen LogP contribution in [0.2, 0.25) is 0 Å². The van der Waals surface area contributed by atoms with Crippen LogP contribution in [0.4, 0.5) is 5.69 Å². The van der Waals surface area contributed by atoms with Crippen LogP contribution in [-0.4, -0.2) is 34.1 Å². The van der Waals surface area contributed by atoms with Gasteiger partial charge in [0.1, 0.15) is 0 Å². The number of amides is 1. The minimum Gasteiger partial charge on any atom is -0.463 e. The molecule has 33 heavy (non-hydrogen) atoms. The zero-order valence-electron chi connectivity index (χ0n) is 18.2. The Kier molecular flexibility index (Phi) is 5.40. The third kappa shape index (κ3) is 4.10. The molecule has 8 heteroatoms. The molecule has 1 N–H and O–H groups in total. The van der Waals surface area contributed by atoms with Crippen molar-refractivity contribution in [1.82, 2.24) is 14.8 Å². The molecule has 0 unspecified atom stereocenters. The normalized spacial score (nSPS) is 11.9. The second kappa shape index (κ2) is 8.66. The molecule has 0 spiro atoms. The van der Waals surface area contributed by atoms with E-state index >= 15 is 0 Å². The standard InChI is InChI=1S/C25H22N4O4/c1-3-31-25-27-23(17-8-13-21-22(14-17)33-15-32-21)29(28-25)19-11-9-18(10-12-19)26-24(30)20-7-5-4-6-16(20)2/h4-14H,3,15H2,1-2H3,(H,26,30). The molecule has 2 heterocycles. The molecule has 0 fully saturated rings. The number of anilines is 1. The summed E-state index contributed by atoms with van der Waals surface area (Å²) in [6, 6.07) is 20.8. The van der Waals surface area contributed by atoms with Gasteiger partial charge in [-0.05, 0) is 67.9 Å². The average molecular weight is 442 g/mol. The highest BCUT2D eigenvalue weighted by Crippen LogP contribution is 2.36. The fourth-order valence-electron chi connectivity index (χ4n) is 3.60. The Labute approximate surface area is 190 Å². The first-order valence-corrected chi connectivity index (χ1v) is 10.6. The van der Waals surface area contributed by atoms with Crippen LogP contribution < -0.4 is 19.5 Å². The minimum absolute atomic E-state index is 0.152. The number of rotatable bonds is 6. The topological polar surface area (TPSA) is 87.5 Å². The summed E-state index contributed by atoms with van der Waals surface area (Å²) in [6.07, 6.45) is 0. The fraction of sp³-hybridized carbons (Fsp3) is 0.160. The molecule has 0 bridgehead atoms. The zero-order valence-corrected chi connectivity index (χ0v) is 18.2. The summed E-state index contributed by atoms with van der Waals surface area (Å²) in [7, 11) is 0. The number of hydrogen-bond donors (Lipinski definition) is 1. The van der Waals surface area contributed by atoms with Gasteiger partial charge in [-0.3, -0.25) is 4.79 Å². The van der Waals surface area contributed by atoms with Crippen molar-refractivity contribution in [3.63, 3.8) is 0 Å². The van der Waals surface area contributed by atoms with Crippen molar-refractivity contribution in [3.05, 3.63) is 77.9 Å². The number of carbonyl (C=O) groups excluding carboxylic acids is 1. The lowest BCUT2D eigenvalue weighted by atomic mass is 10.1. The molecular weight excluding hydrogens is 420 g/mol. The van der Waals surface area contributed by atoms with Crippen LogP contribution in [0.25, 0.3) is 17.1 Å². The van der Waals surface area contributed by atoms with E-state index in [0.29, 0.717) is 35.2 Å². The largest absolute Gasteiger partial charge is 0.463 e. The molecule has 5 rings (SSSR count). The Bertz CT molecular complexity index is 1310. The SMILES string of the molecule is CCOc1nc(-c2ccc3c(c2)OCO3)n(-c2ccc(NC(=O)c3ccccc3C)cc2)n1. The van der Waals surface area contributed by atoms with Crippen molar-refractivity contribution >= 4 is 11.6 Å². The van der Waals surface area contributed by atoms with Crippen LogP contribution in [0.3, 0.4) is 0 Å². The van der Waals surface area contributed by atoms with Crippen LogP contribution in [-0.2, 0) is 0 Å². The highest BCUT2D eigenvalue weighted by Gasteiger charge is 2.19. The number of benzene rings is 3. The maximum atomic E-state index is 12.6. The number of aromatic nitrogens is 3. The number of hydrogen-bond acceptors (Lipinski definition) is 6. The van der Waals surface area contributed by atoms with Gasteiger partial charge in [-0.1, -0.05) is 18.2 Å². The number of fused-ring (bicyclic) bond motifs is 1. The second-order valence-electron chi connectivity index (χ2n) is 7.45. The molecule has 0 saturated heterocycles. The average Bonchev–Trinajstić information content (AvgIpc) is 3.46. The quantitative estimate of drug-likeness (QED) is 0.469. The second-order valence-corrected chi connectivity index (χ2v) is 7.45. The summed E-state index contributed by atoms with van der Waals surface area (Å²) in [5.74, 6) is 1.81. The van der Waals surface area contributed by atoms with Crippen LogP contribution in [0.5, 0.6) is 17.5 Å². The van der Waals surface area contributed by atoms with E-state index in [1.54, 1.807) is 10.7 Å². The molecule has 0 saturated carbocycles. The van der Waals surface area contributed by atoms with Crippen molar-refractivity contribution in [3.8, 4) is 34.6 Å². The lowest BCUT2D eigenvalue weighted by Crippen LogP contribution is -2.13. The molecule has 0 aliphatic carbocycles. The maximum Gasteiger partial charge on any atom is 0.336 e.